The molecule has 2 aromatic rings. The number of nitrogens with one attached hydrogen (secondary N) is 2. The predicted octanol–water partition coefficient (Wildman–Crippen LogP) is 2.02. The number of anilines is 1. The van der Waals surface area contributed by atoms with Crippen molar-refractivity contribution >= 4 is 15.8 Å². The summed E-state index contributed by atoms with van der Waals surface area (Å²) in [5.41, 5.74) is 0. The second-order valence-electron chi connectivity index (χ2n) is 4.53. The molecule has 0 aliphatic heterocycles. The van der Waals surface area contributed by atoms with Crippen LogP contribution in [0.4, 0.5) is 5.82 Å². The first-order valence-corrected chi connectivity index (χ1v) is 8.32. The van der Waals surface area contributed by atoms with Gasteiger partial charge in [0.2, 0.25) is 10.0 Å². The number of furan rings is 1. The maximum Gasteiger partial charge on any atom is 0.242 e. The zero-order valence-corrected chi connectivity index (χ0v) is 12.7. The van der Waals surface area contributed by atoms with Crippen LogP contribution in [-0.2, 0) is 16.4 Å². The second-order valence-corrected chi connectivity index (χ2v) is 6.30. The zero-order chi connectivity index (χ0) is 15.1. The van der Waals surface area contributed by atoms with Gasteiger partial charge in [-0.25, -0.2) is 18.1 Å². The fraction of sp³-hybridized carbons (Fsp3) is 0.357. The lowest BCUT2D eigenvalue weighted by molar-refractivity contribution is 0.506. The van der Waals surface area contributed by atoms with E-state index in [0.717, 1.165) is 18.7 Å². The topological polar surface area (TPSA) is 84.2 Å². The van der Waals surface area contributed by atoms with Crippen molar-refractivity contribution in [1.82, 2.24) is 9.71 Å². The predicted molar refractivity (Wildman–Crippen MR) is 80.6 cm³/mol. The van der Waals surface area contributed by atoms with Gasteiger partial charge in [-0.3, -0.25) is 0 Å². The Labute approximate surface area is 124 Å². The average molecular weight is 309 g/mol. The van der Waals surface area contributed by atoms with Crippen molar-refractivity contribution in [2.45, 2.75) is 24.7 Å². The standard InChI is InChI=1S/C14H19N3O3S/c1-2-8-15-14-6-5-13(11-16-14)21(18,19)17-9-7-12-4-3-10-20-12/h3-6,10-11,17H,2,7-9H2,1H3,(H,15,16). The van der Waals surface area contributed by atoms with Crippen LogP contribution >= 0.6 is 0 Å². The molecule has 21 heavy (non-hydrogen) atoms. The minimum atomic E-state index is -3.53. The molecule has 2 rings (SSSR count). The molecule has 0 bridgehead atoms. The lowest BCUT2D eigenvalue weighted by Gasteiger charge is -2.07. The van der Waals surface area contributed by atoms with Crippen LogP contribution in [0, 0.1) is 0 Å². The average Bonchev–Trinajstić information content (AvgIpc) is 2.98. The quantitative estimate of drug-likeness (QED) is 0.779. The van der Waals surface area contributed by atoms with E-state index in [1.54, 1.807) is 24.5 Å². The van der Waals surface area contributed by atoms with Crippen LogP contribution in [0.1, 0.15) is 19.1 Å². The summed E-state index contributed by atoms with van der Waals surface area (Å²) in [5.74, 6) is 1.42. The molecular formula is C14H19N3O3S. The SMILES string of the molecule is CCCNc1ccc(S(=O)(=O)NCCc2ccco2)cn1. The van der Waals surface area contributed by atoms with E-state index in [1.165, 1.54) is 6.20 Å². The van der Waals surface area contributed by atoms with Gasteiger partial charge in [-0.2, -0.15) is 0 Å². The van der Waals surface area contributed by atoms with Crippen molar-refractivity contribution in [1.29, 1.82) is 0 Å². The highest BCUT2D eigenvalue weighted by molar-refractivity contribution is 7.89. The second kappa shape index (κ2) is 7.24. The summed E-state index contributed by atoms with van der Waals surface area (Å²) in [7, 11) is -3.53. The van der Waals surface area contributed by atoms with E-state index in [4.69, 9.17) is 4.42 Å². The molecule has 0 radical (unpaired) electrons. The summed E-state index contributed by atoms with van der Waals surface area (Å²) in [6.07, 6.45) is 4.41. The number of hydrogen-bond donors (Lipinski definition) is 2. The summed E-state index contributed by atoms with van der Waals surface area (Å²) in [4.78, 5) is 4.25. The zero-order valence-electron chi connectivity index (χ0n) is 11.9. The first kappa shape index (κ1) is 15.5. The van der Waals surface area contributed by atoms with Crippen molar-refractivity contribution in [2.24, 2.45) is 0 Å². The van der Waals surface area contributed by atoms with E-state index in [-0.39, 0.29) is 11.4 Å². The van der Waals surface area contributed by atoms with Gasteiger partial charge in [0.1, 0.15) is 16.5 Å². The molecule has 0 atom stereocenters. The normalized spacial score (nSPS) is 11.5. The van der Waals surface area contributed by atoms with Crippen LogP contribution in [0.15, 0.2) is 46.0 Å². The lowest BCUT2D eigenvalue weighted by Crippen LogP contribution is -2.26. The number of hydrogen-bond acceptors (Lipinski definition) is 5. The molecule has 0 amide bonds. The molecule has 114 valence electrons. The van der Waals surface area contributed by atoms with Gasteiger partial charge in [-0.15, -0.1) is 0 Å². The minimum absolute atomic E-state index is 0.156. The molecule has 0 spiro atoms. The summed E-state index contributed by atoms with van der Waals surface area (Å²) in [5, 5.41) is 3.10. The molecule has 0 saturated heterocycles. The molecule has 7 heteroatoms. The summed E-state index contributed by atoms with van der Waals surface area (Å²) in [6.45, 7) is 3.14. The smallest absolute Gasteiger partial charge is 0.242 e. The highest BCUT2D eigenvalue weighted by Gasteiger charge is 2.14. The molecule has 2 heterocycles. The Morgan fingerprint density at radius 1 is 1.24 bits per heavy atom. The van der Waals surface area contributed by atoms with Crippen molar-refractivity contribution < 1.29 is 12.8 Å². The van der Waals surface area contributed by atoms with Gasteiger partial charge in [0.15, 0.2) is 0 Å². The molecule has 0 aliphatic carbocycles. The van der Waals surface area contributed by atoms with Gasteiger partial charge in [0.25, 0.3) is 0 Å². The largest absolute Gasteiger partial charge is 0.469 e. The van der Waals surface area contributed by atoms with Gasteiger partial charge in [-0.05, 0) is 30.7 Å². The van der Waals surface area contributed by atoms with Crippen molar-refractivity contribution in [3.63, 3.8) is 0 Å². The summed E-state index contributed by atoms with van der Waals surface area (Å²) < 4.78 is 31.8. The van der Waals surface area contributed by atoms with Crippen molar-refractivity contribution in [2.75, 3.05) is 18.4 Å². The third-order valence-corrected chi connectivity index (χ3v) is 4.29. The van der Waals surface area contributed by atoms with Crippen LogP contribution in [0.5, 0.6) is 0 Å². The van der Waals surface area contributed by atoms with Gasteiger partial charge in [0, 0.05) is 25.7 Å². The molecule has 0 aromatic carbocycles. The first-order chi connectivity index (χ1) is 10.1. The number of pyridine rings is 1. The summed E-state index contributed by atoms with van der Waals surface area (Å²) >= 11 is 0. The highest BCUT2D eigenvalue weighted by Crippen LogP contribution is 2.10. The van der Waals surface area contributed by atoms with Gasteiger partial charge < -0.3 is 9.73 Å². The monoisotopic (exact) mass is 309 g/mol. The summed E-state index contributed by atoms with van der Waals surface area (Å²) in [6, 6.07) is 6.79. The van der Waals surface area contributed by atoms with E-state index in [2.05, 4.69) is 21.9 Å². The first-order valence-electron chi connectivity index (χ1n) is 6.84. The highest BCUT2D eigenvalue weighted by atomic mass is 32.2. The lowest BCUT2D eigenvalue weighted by atomic mass is 10.3. The Balaban J connectivity index is 1.92. The maximum atomic E-state index is 12.1. The Morgan fingerprint density at radius 3 is 2.71 bits per heavy atom. The van der Waals surface area contributed by atoms with Gasteiger partial charge in [0.05, 0.1) is 6.26 Å². The number of sulfonamides is 1. The minimum Gasteiger partial charge on any atom is -0.469 e. The number of nitrogens with zero attached hydrogens (tertiary/aromatic N) is 1. The van der Waals surface area contributed by atoms with E-state index in [9.17, 15) is 8.42 Å². The van der Waals surface area contributed by atoms with E-state index >= 15 is 0 Å². The molecule has 2 aromatic heterocycles. The number of rotatable bonds is 8. The third kappa shape index (κ3) is 4.57. The Hall–Kier alpha value is -1.86. The van der Waals surface area contributed by atoms with Gasteiger partial charge >= 0.3 is 0 Å². The van der Waals surface area contributed by atoms with Crippen LogP contribution in [0.2, 0.25) is 0 Å². The Morgan fingerprint density at radius 2 is 2.10 bits per heavy atom. The van der Waals surface area contributed by atoms with Crippen LogP contribution in [-0.4, -0.2) is 26.5 Å². The molecule has 2 N–H and O–H groups in total. The van der Waals surface area contributed by atoms with E-state index < -0.39 is 10.0 Å². The van der Waals surface area contributed by atoms with Crippen LogP contribution in [0.3, 0.4) is 0 Å². The molecule has 0 fully saturated rings. The molecular weight excluding hydrogens is 290 g/mol. The van der Waals surface area contributed by atoms with E-state index in [0.29, 0.717) is 12.2 Å². The van der Waals surface area contributed by atoms with Crippen molar-refractivity contribution in [3.8, 4) is 0 Å². The molecule has 6 nitrogen and oxygen atoms in total. The van der Waals surface area contributed by atoms with Crippen LogP contribution in [0.25, 0.3) is 0 Å². The Bertz CT molecular complexity index is 637. The Kier molecular flexibility index (Phi) is 5.35. The molecule has 0 aliphatic rings. The third-order valence-electron chi connectivity index (χ3n) is 2.85. The maximum absolute atomic E-state index is 12.1. The fourth-order valence-corrected chi connectivity index (χ4v) is 2.72. The fourth-order valence-electron chi connectivity index (χ4n) is 1.74. The van der Waals surface area contributed by atoms with Crippen LogP contribution < -0.4 is 10.0 Å². The van der Waals surface area contributed by atoms with Crippen molar-refractivity contribution in [3.05, 3.63) is 42.5 Å². The van der Waals surface area contributed by atoms with Gasteiger partial charge in [-0.1, -0.05) is 6.92 Å². The van der Waals surface area contributed by atoms with E-state index in [1.807, 2.05) is 6.07 Å². The molecule has 0 unspecified atom stereocenters. The number of aromatic nitrogens is 1. The molecule has 0 saturated carbocycles.